The highest BCUT2D eigenvalue weighted by molar-refractivity contribution is 5.72. The molecule has 2 aromatic rings. The number of hydrogen-bond donors (Lipinski definition) is 3. The first-order valence-electron chi connectivity index (χ1n) is 8.77. The lowest BCUT2D eigenvalue weighted by Gasteiger charge is -2.26. The second-order valence-corrected chi connectivity index (χ2v) is 6.83. The molecule has 1 fully saturated rings. The minimum absolute atomic E-state index is 0.0636. The molecular formula is C19H23N5O3. The molecule has 0 amide bonds. The SMILES string of the molecule is COc1cc(Cc2cnc(N)nc2N)c2c(c1OC)OC(C1CC1N)C=C2. The Morgan fingerprint density at radius 1 is 1.22 bits per heavy atom. The minimum Gasteiger partial charge on any atom is -0.493 e. The van der Waals surface area contributed by atoms with Gasteiger partial charge in [-0.2, -0.15) is 4.98 Å². The van der Waals surface area contributed by atoms with Crippen molar-refractivity contribution in [3.8, 4) is 17.2 Å². The zero-order valence-electron chi connectivity index (χ0n) is 15.3. The smallest absolute Gasteiger partial charge is 0.221 e. The van der Waals surface area contributed by atoms with E-state index in [-0.39, 0.29) is 18.1 Å². The first-order chi connectivity index (χ1) is 13.0. The number of anilines is 2. The summed E-state index contributed by atoms with van der Waals surface area (Å²) < 4.78 is 17.4. The Hall–Kier alpha value is -3.00. The van der Waals surface area contributed by atoms with Gasteiger partial charge in [0.05, 0.1) is 14.2 Å². The van der Waals surface area contributed by atoms with E-state index in [1.165, 1.54) is 0 Å². The Morgan fingerprint density at radius 3 is 2.63 bits per heavy atom. The number of hydrogen-bond acceptors (Lipinski definition) is 8. The Balaban J connectivity index is 1.76. The molecule has 8 nitrogen and oxygen atoms in total. The second-order valence-electron chi connectivity index (χ2n) is 6.83. The zero-order chi connectivity index (χ0) is 19.1. The summed E-state index contributed by atoms with van der Waals surface area (Å²) in [5.74, 6) is 2.66. The molecule has 3 unspecified atom stereocenters. The van der Waals surface area contributed by atoms with Gasteiger partial charge in [0.15, 0.2) is 11.5 Å². The number of ether oxygens (including phenoxy) is 3. The van der Waals surface area contributed by atoms with Crippen LogP contribution in [0.25, 0.3) is 6.08 Å². The van der Waals surface area contributed by atoms with Gasteiger partial charge in [-0.25, -0.2) is 4.98 Å². The molecule has 3 atom stereocenters. The highest BCUT2D eigenvalue weighted by Gasteiger charge is 2.42. The fraction of sp³-hybridized carbons (Fsp3) is 0.368. The van der Waals surface area contributed by atoms with Crippen molar-refractivity contribution < 1.29 is 14.2 Å². The van der Waals surface area contributed by atoms with Crippen LogP contribution >= 0.6 is 0 Å². The summed E-state index contributed by atoms with van der Waals surface area (Å²) in [6.07, 6.45) is 7.16. The molecule has 0 spiro atoms. The van der Waals surface area contributed by atoms with Gasteiger partial charge in [0.1, 0.15) is 11.9 Å². The Kier molecular flexibility index (Phi) is 4.27. The number of nitrogens with two attached hydrogens (primary N) is 3. The van der Waals surface area contributed by atoms with Crippen molar-refractivity contribution in [3.05, 3.63) is 35.0 Å². The Morgan fingerprint density at radius 2 is 2.00 bits per heavy atom. The molecule has 6 N–H and O–H groups in total. The molecule has 1 aromatic heterocycles. The molecular weight excluding hydrogens is 346 g/mol. The van der Waals surface area contributed by atoms with Crippen LogP contribution in [0.4, 0.5) is 11.8 Å². The molecule has 1 aliphatic heterocycles. The number of methoxy groups -OCH3 is 2. The van der Waals surface area contributed by atoms with Gasteiger partial charge in [0.2, 0.25) is 11.7 Å². The summed E-state index contributed by atoms with van der Waals surface area (Å²) in [6.45, 7) is 0. The number of rotatable bonds is 5. The molecule has 8 heteroatoms. The van der Waals surface area contributed by atoms with Gasteiger partial charge in [0, 0.05) is 35.7 Å². The maximum absolute atomic E-state index is 6.26. The van der Waals surface area contributed by atoms with Crippen molar-refractivity contribution in [3.63, 3.8) is 0 Å². The average molecular weight is 369 g/mol. The van der Waals surface area contributed by atoms with Crippen molar-refractivity contribution >= 4 is 17.8 Å². The number of nitrogens with zero attached hydrogens (tertiary/aromatic N) is 2. The summed E-state index contributed by atoms with van der Waals surface area (Å²) in [5.41, 5.74) is 20.3. The van der Waals surface area contributed by atoms with E-state index in [0.717, 1.165) is 23.1 Å². The maximum Gasteiger partial charge on any atom is 0.221 e. The van der Waals surface area contributed by atoms with Crippen molar-refractivity contribution in [1.29, 1.82) is 0 Å². The van der Waals surface area contributed by atoms with Gasteiger partial charge in [-0.05, 0) is 24.1 Å². The quantitative estimate of drug-likeness (QED) is 0.720. The van der Waals surface area contributed by atoms with Crippen LogP contribution in [0.2, 0.25) is 0 Å². The topological polar surface area (TPSA) is 132 Å². The molecule has 4 rings (SSSR count). The van der Waals surface area contributed by atoms with E-state index in [4.69, 9.17) is 31.4 Å². The van der Waals surface area contributed by atoms with Crippen LogP contribution < -0.4 is 31.4 Å². The molecule has 2 aliphatic rings. The largest absolute Gasteiger partial charge is 0.493 e. The van der Waals surface area contributed by atoms with E-state index in [0.29, 0.717) is 35.4 Å². The fourth-order valence-electron chi connectivity index (χ4n) is 3.46. The lowest BCUT2D eigenvalue weighted by Crippen LogP contribution is -2.24. The Labute approximate surface area is 157 Å². The highest BCUT2D eigenvalue weighted by Crippen LogP contribution is 2.48. The lowest BCUT2D eigenvalue weighted by molar-refractivity contribution is 0.207. The van der Waals surface area contributed by atoms with Crippen molar-refractivity contribution in [2.45, 2.75) is 25.0 Å². The molecule has 0 saturated heterocycles. The third kappa shape index (κ3) is 3.12. The van der Waals surface area contributed by atoms with E-state index >= 15 is 0 Å². The van der Waals surface area contributed by atoms with Crippen molar-refractivity contribution in [1.82, 2.24) is 9.97 Å². The van der Waals surface area contributed by atoms with Crippen LogP contribution in [0.5, 0.6) is 17.2 Å². The van der Waals surface area contributed by atoms with Crippen LogP contribution in [0.1, 0.15) is 23.1 Å². The second kappa shape index (κ2) is 6.62. The predicted octanol–water partition coefficient (Wildman–Crippen LogP) is 1.37. The summed E-state index contributed by atoms with van der Waals surface area (Å²) >= 11 is 0. The summed E-state index contributed by atoms with van der Waals surface area (Å²) in [6, 6.07) is 2.11. The average Bonchev–Trinajstić information content (AvgIpc) is 3.39. The lowest BCUT2D eigenvalue weighted by atomic mass is 9.96. The van der Waals surface area contributed by atoms with Gasteiger partial charge in [-0.3, -0.25) is 0 Å². The van der Waals surface area contributed by atoms with E-state index in [9.17, 15) is 0 Å². The number of nitrogen functional groups attached to an aromatic ring is 2. The molecule has 1 aliphatic carbocycles. The number of fused-ring (bicyclic) bond motifs is 1. The van der Waals surface area contributed by atoms with Crippen LogP contribution in [0, 0.1) is 5.92 Å². The van der Waals surface area contributed by atoms with Crippen molar-refractivity contribution in [2.24, 2.45) is 11.7 Å². The van der Waals surface area contributed by atoms with Crippen LogP contribution in [-0.4, -0.2) is 36.3 Å². The standard InChI is InChI=1S/C19H23N5O3/c1-25-15-6-9(5-10-8-23-19(22)24-18(10)21)11-3-4-14(12-7-13(12)20)27-16(11)17(15)26-2/h3-4,6,8,12-14H,5,7,20H2,1-2H3,(H4,21,22,23,24). The molecule has 1 saturated carbocycles. The van der Waals surface area contributed by atoms with Gasteiger partial charge in [-0.15, -0.1) is 0 Å². The maximum atomic E-state index is 6.26. The van der Waals surface area contributed by atoms with E-state index in [1.54, 1.807) is 20.4 Å². The molecule has 0 bridgehead atoms. The zero-order valence-corrected chi connectivity index (χ0v) is 15.3. The van der Waals surface area contributed by atoms with Crippen molar-refractivity contribution in [2.75, 3.05) is 25.7 Å². The fourth-order valence-corrected chi connectivity index (χ4v) is 3.46. The summed E-state index contributed by atoms with van der Waals surface area (Å²) in [4.78, 5) is 8.08. The molecule has 27 heavy (non-hydrogen) atoms. The van der Waals surface area contributed by atoms with Gasteiger partial charge in [0.25, 0.3) is 0 Å². The highest BCUT2D eigenvalue weighted by atomic mass is 16.5. The van der Waals surface area contributed by atoms with Crippen LogP contribution in [0.3, 0.4) is 0 Å². The van der Waals surface area contributed by atoms with E-state index in [2.05, 4.69) is 22.1 Å². The first kappa shape index (κ1) is 17.4. The molecule has 2 heterocycles. The third-order valence-corrected chi connectivity index (χ3v) is 5.07. The normalized spacial score (nSPS) is 22.7. The minimum atomic E-state index is -0.0636. The first-order valence-corrected chi connectivity index (χ1v) is 8.77. The predicted molar refractivity (Wildman–Crippen MR) is 103 cm³/mol. The number of benzene rings is 1. The van der Waals surface area contributed by atoms with Gasteiger partial charge in [-0.1, -0.05) is 6.08 Å². The summed E-state index contributed by atoms with van der Waals surface area (Å²) in [7, 11) is 3.20. The van der Waals surface area contributed by atoms with E-state index in [1.807, 2.05) is 6.07 Å². The van der Waals surface area contributed by atoms with Gasteiger partial charge < -0.3 is 31.4 Å². The Bertz CT molecular complexity index is 915. The molecule has 1 aromatic carbocycles. The number of aromatic nitrogens is 2. The van der Waals surface area contributed by atoms with Gasteiger partial charge >= 0.3 is 0 Å². The van der Waals surface area contributed by atoms with E-state index < -0.39 is 0 Å². The molecule has 142 valence electrons. The summed E-state index contributed by atoms with van der Waals surface area (Å²) in [5, 5.41) is 0. The molecule has 0 radical (unpaired) electrons. The third-order valence-electron chi connectivity index (χ3n) is 5.07. The van der Waals surface area contributed by atoms with Crippen LogP contribution in [-0.2, 0) is 6.42 Å². The monoisotopic (exact) mass is 369 g/mol. The van der Waals surface area contributed by atoms with Crippen LogP contribution in [0.15, 0.2) is 18.3 Å².